The standard InChI is InChI=1S/C16H24N2O4S.ClH/c1-23(20,21)9-8-22-14-6-3-5-13(11-14)18-16(19)10-12-4-2-7-15(12)17;/h3,5-6,11-12,15H,2,4,7-10,17H2,1H3,(H,18,19);1H/t12-,15+;/m0./s1. The predicted octanol–water partition coefficient (Wildman–Crippen LogP) is 1.99. The Kier molecular flexibility index (Phi) is 7.99. The maximum atomic E-state index is 12.1. The van der Waals surface area contributed by atoms with Gasteiger partial charge in [0.1, 0.15) is 12.4 Å². The molecule has 0 radical (unpaired) electrons. The Hall–Kier alpha value is -1.31. The Morgan fingerprint density at radius 3 is 2.75 bits per heavy atom. The first-order valence-electron chi connectivity index (χ1n) is 7.79. The summed E-state index contributed by atoms with van der Waals surface area (Å²) >= 11 is 0. The first kappa shape index (κ1) is 20.7. The number of nitrogens with one attached hydrogen (secondary N) is 1. The molecule has 3 N–H and O–H groups in total. The van der Waals surface area contributed by atoms with E-state index in [0.29, 0.717) is 17.9 Å². The fraction of sp³-hybridized carbons (Fsp3) is 0.562. The van der Waals surface area contributed by atoms with Gasteiger partial charge in [0, 0.05) is 30.5 Å². The van der Waals surface area contributed by atoms with Gasteiger partial charge in [0.15, 0.2) is 9.84 Å². The van der Waals surface area contributed by atoms with Gasteiger partial charge in [0.05, 0.1) is 5.75 Å². The minimum absolute atomic E-state index is 0. The summed E-state index contributed by atoms with van der Waals surface area (Å²) in [6, 6.07) is 7.06. The Morgan fingerprint density at radius 2 is 2.12 bits per heavy atom. The third-order valence-corrected chi connectivity index (χ3v) is 4.91. The zero-order valence-corrected chi connectivity index (χ0v) is 15.4. The maximum Gasteiger partial charge on any atom is 0.224 e. The van der Waals surface area contributed by atoms with Crippen LogP contribution in [0.2, 0.25) is 0 Å². The van der Waals surface area contributed by atoms with Crippen LogP contribution in [-0.2, 0) is 14.6 Å². The molecule has 2 atom stereocenters. The monoisotopic (exact) mass is 376 g/mol. The second kappa shape index (κ2) is 9.25. The number of ether oxygens (including phenoxy) is 1. The van der Waals surface area contributed by atoms with Crippen molar-refractivity contribution in [2.75, 3.05) is 23.9 Å². The SMILES string of the molecule is CS(=O)(=O)CCOc1cccc(NC(=O)C[C@@H]2CCC[C@H]2N)c1.Cl. The minimum atomic E-state index is -3.05. The van der Waals surface area contributed by atoms with Crippen LogP contribution >= 0.6 is 12.4 Å². The van der Waals surface area contributed by atoms with Crippen molar-refractivity contribution in [2.24, 2.45) is 11.7 Å². The number of hydrogen-bond acceptors (Lipinski definition) is 5. The van der Waals surface area contributed by atoms with E-state index in [1.807, 2.05) is 0 Å². The molecule has 0 spiro atoms. The zero-order chi connectivity index (χ0) is 16.9. The third-order valence-electron chi connectivity index (χ3n) is 4.01. The number of anilines is 1. The summed E-state index contributed by atoms with van der Waals surface area (Å²) in [6.07, 6.45) is 4.68. The Bertz CT molecular complexity index is 651. The normalized spacial score (nSPS) is 20.2. The fourth-order valence-electron chi connectivity index (χ4n) is 2.74. The molecule has 1 amide bonds. The molecule has 1 aliphatic rings. The average Bonchev–Trinajstić information content (AvgIpc) is 2.83. The van der Waals surface area contributed by atoms with E-state index in [0.717, 1.165) is 19.3 Å². The van der Waals surface area contributed by atoms with Gasteiger partial charge in [-0.1, -0.05) is 12.5 Å². The lowest BCUT2D eigenvalue weighted by Crippen LogP contribution is -2.28. The van der Waals surface area contributed by atoms with Crippen molar-refractivity contribution >= 4 is 33.8 Å². The molecule has 1 fully saturated rings. The highest BCUT2D eigenvalue weighted by molar-refractivity contribution is 7.90. The van der Waals surface area contributed by atoms with Gasteiger partial charge in [-0.15, -0.1) is 12.4 Å². The molecule has 0 saturated heterocycles. The number of halogens is 1. The van der Waals surface area contributed by atoms with Gasteiger partial charge in [-0.2, -0.15) is 0 Å². The van der Waals surface area contributed by atoms with Crippen LogP contribution in [0.15, 0.2) is 24.3 Å². The number of carbonyl (C=O) groups is 1. The number of rotatable bonds is 7. The van der Waals surface area contributed by atoms with Crippen LogP contribution in [-0.4, -0.2) is 39.0 Å². The lowest BCUT2D eigenvalue weighted by Gasteiger charge is -2.15. The van der Waals surface area contributed by atoms with Crippen LogP contribution in [0.1, 0.15) is 25.7 Å². The highest BCUT2D eigenvalue weighted by Crippen LogP contribution is 2.27. The molecule has 0 aliphatic heterocycles. The third kappa shape index (κ3) is 7.07. The van der Waals surface area contributed by atoms with Crippen molar-refractivity contribution in [1.82, 2.24) is 0 Å². The summed E-state index contributed by atoms with van der Waals surface area (Å²) < 4.78 is 27.6. The molecule has 0 bridgehead atoms. The van der Waals surface area contributed by atoms with E-state index in [4.69, 9.17) is 10.5 Å². The van der Waals surface area contributed by atoms with Gasteiger partial charge in [0.2, 0.25) is 5.91 Å². The Labute approximate surface area is 149 Å². The number of benzene rings is 1. The van der Waals surface area contributed by atoms with Gasteiger partial charge in [-0.25, -0.2) is 8.42 Å². The van der Waals surface area contributed by atoms with E-state index in [9.17, 15) is 13.2 Å². The fourth-order valence-corrected chi connectivity index (χ4v) is 3.13. The Balaban J connectivity index is 0.00000288. The molecule has 8 heteroatoms. The minimum Gasteiger partial charge on any atom is -0.492 e. The van der Waals surface area contributed by atoms with E-state index >= 15 is 0 Å². The summed E-state index contributed by atoms with van der Waals surface area (Å²) in [5, 5.41) is 2.84. The molecule has 0 heterocycles. The quantitative estimate of drug-likeness (QED) is 0.758. The van der Waals surface area contributed by atoms with Crippen LogP contribution in [0.5, 0.6) is 5.75 Å². The lowest BCUT2D eigenvalue weighted by molar-refractivity contribution is -0.117. The van der Waals surface area contributed by atoms with E-state index in [-0.39, 0.29) is 42.6 Å². The number of sulfone groups is 1. The van der Waals surface area contributed by atoms with Crippen molar-refractivity contribution in [1.29, 1.82) is 0 Å². The molecular formula is C16H25ClN2O4S. The summed E-state index contributed by atoms with van der Waals surface area (Å²) in [5.74, 6) is 0.692. The summed E-state index contributed by atoms with van der Waals surface area (Å²) in [6.45, 7) is 0.0904. The highest BCUT2D eigenvalue weighted by atomic mass is 35.5. The smallest absolute Gasteiger partial charge is 0.224 e. The van der Waals surface area contributed by atoms with E-state index in [1.165, 1.54) is 6.26 Å². The summed E-state index contributed by atoms with van der Waals surface area (Å²) in [7, 11) is -3.05. The largest absolute Gasteiger partial charge is 0.492 e. The number of carbonyl (C=O) groups excluding carboxylic acids is 1. The number of amides is 1. The second-order valence-corrected chi connectivity index (χ2v) is 8.37. The van der Waals surface area contributed by atoms with Crippen molar-refractivity contribution in [3.8, 4) is 5.75 Å². The molecule has 1 saturated carbocycles. The van der Waals surface area contributed by atoms with Crippen LogP contribution < -0.4 is 15.8 Å². The lowest BCUT2D eigenvalue weighted by atomic mass is 10.00. The van der Waals surface area contributed by atoms with Crippen molar-refractivity contribution in [3.63, 3.8) is 0 Å². The molecule has 24 heavy (non-hydrogen) atoms. The van der Waals surface area contributed by atoms with E-state index in [1.54, 1.807) is 24.3 Å². The molecule has 2 rings (SSSR count). The summed E-state index contributed by atoms with van der Waals surface area (Å²) in [5.41, 5.74) is 6.62. The average molecular weight is 377 g/mol. The van der Waals surface area contributed by atoms with Crippen LogP contribution in [0.3, 0.4) is 0 Å². The predicted molar refractivity (Wildman–Crippen MR) is 97.5 cm³/mol. The van der Waals surface area contributed by atoms with Gasteiger partial charge >= 0.3 is 0 Å². The van der Waals surface area contributed by atoms with Gasteiger partial charge < -0.3 is 15.8 Å². The van der Waals surface area contributed by atoms with Crippen molar-refractivity contribution < 1.29 is 17.9 Å². The zero-order valence-electron chi connectivity index (χ0n) is 13.7. The number of nitrogens with two attached hydrogens (primary N) is 1. The maximum absolute atomic E-state index is 12.1. The van der Waals surface area contributed by atoms with Gasteiger partial charge in [0.25, 0.3) is 0 Å². The van der Waals surface area contributed by atoms with Crippen molar-refractivity contribution in [3.05, 3.63) is 24.3 Å². The molecule has 136 valence electrons. The highest BCUT2D eigenvalue weighted by Gasteiger charge is 2.26. The van der Waals surface area contributed by atoms with E-state index in [2.05, 4.69) is 5.32 Å². The molecule has 1 aromatic carbocycles. The molecular weight excluding hydrogens is 352 g/mol. The first-order chi connectivity index (χ1) is 10.8. The molecule has 1 aliphatic carbocycles. The summed E-state index contributed by atoms with van der Waals surface area (Å²) in [4.78, 5) is 12.1. The van der Waals surface area contributed by atoms with Gasteiger partial charge in [-0.05, 0) is 30.9 Å². The topological polar surface area (TPSA) is 98.5 Å². The Morgan fingerprint density at radius 1 is 1.38 bits per heavy atom. The molecule has 0 aromatic heterocycles. The van der Waals surface area contributed by atoms with Crippen LogP contribution in [0.4, 0.5) is 5.69 Å². The second-order valence-electron chi connectivity index (χ2n) is 6.11. The van der Waals surface area contributed by atoms with Crippen molar-refractivity contribution in [2.45, 2.75) is 31.7 Å². The molecule has 1 aromatic rings. The van der Waals surface area contributed by atoms with E-state index < -0.39 is 9.84 Å². The molecule has 6 nitrogen and oxygen atoms in total. The molecule has 0 unspecified atom stereocenters. The number of hydrogen-bond donors (Lipinski definition) is 2. The first-order valence-corrected chi connectivity index (χ1v) is 9.85. The van der Waals surface area contributed by atoms with Crippen LogP contribution in [0.25, 0.3) is 0 Å². The van der Waals surface area contributed by atoms with Gasteiger partial charge in [-0.3, -0.25) is 4.79 Å². The van der Waals surface area contributed by atoms with Crippen LogP contribution in [0, 0.1) is 5.92 Å².